The summed E-state index contributed by atoms with van der Waals surface area (Å²) in [6, 6.07) is 21.8. The van der Waals surface area contributed by atoms with Crippen molar-refractivity contribution in [3.05, 3.63) is 96.0 Å². The minimum absolute atomic E-state index is 0.0899. The van der Waals surface area contributed by atoms with Crippen LogP contribution in [0.4, 0.5) is 0 Å². The lowest BCUT2D eigenvalue weighted by molar-refractivity contribution is -0.145. The summed E-state index contributed by atoms with van der Waals surface area (Å²) in [6.07, 6.45) is 4.88. The normalized spacial score (nSPS) is 26.8. The Balaban J connectivity index is 1.37. The lowest BCUT2D eigenvalue weighted by Gasteiger charge is -2.26. The third-order valence-corrected chi connectivity index (χ3v) is 6.79. The molecule has 2 fully saturated rings. The van der Waals surface area contributed by atoms with Crippen LogP contribution in [0.2, 0.25) is 0 Å². The molecule has 7 nitrogen and oxygen atoms in total. The molecule has 0 unspecified atom stereocenters. The number of hydrogen-bond donors (Lipinski definition) is 0. The number of benzene rings is 2. The van der Waals surface area contributed by atoms with Crippen molar-refractivity contribution >= 4 is 6.08 Å². The van der Waals surface area contributed by atoms with Gasteiger partial charge in [-0.05, 0) is 61.4 Å². The fourth-order valence-electron chi connectivity index (χ4n) is 4.89. The second-order valence-corrected chi connectivity index (χ2v) is 10.1. The average molecular weight is 521 g/mol. The molecule has 3 heterocycles. The summed E-state index contributed by atoms with van der Waals surface area (Å²) < 4.78 is 42.4. The Morgan fingerprint density at radius 3 is 2.29 bits per heavy atom. The molecular weight excluding hydrogens is 484 g/mol. The highest BCUT2D eigenvalue weighted by molar-refractivity contribution is 5.43. The Hall–Kier alpha value is -2.94. The molecule has 0 amide bonds. The summed E-state index contributed by atoms with van der Waals surface area (Å²) in [7, 11) is 1.66. The quantitative estimate of drug-likeness (QED) is 0.317. The van der Waals surface area contributed by atoms with Gasteiger partial charge >= 0.3 is 0 Å². The Bertz CT molecular complexity index is 1140. The van der Waals surface area contributed by atoms with Gasteiger partial charge in [0.1, 0.15) is 29.8 Å². The molecule has 2 saturated heterocycles. The van der Waals surface area contributed by atoms with Crippen LogP contribution < -0.4 is 4.74 Å². The lowest BCUT2D eigenvalue weighted by atomic mass is 10.0. The summed E-state index contributed by atoms with van der Waals surface area (Å²) in [5.74, 6) is 0.956. The molecule has 0 aliphatic carbocycles. The van der Waals surface area contributed by atoms with E-state index in [-0.39, 0.29) is 30.5 Å². The molecule has 5 atom stereocenters. The van der Waals surface area contributed by atoms with Gasteiger partial charge in [0.2, 0.25) is 0 Å². The fourth-order valence-corrected chi connectivity index (χ4v) is 4.89. The van der Waals surface area contributed by atoms with Crippen LogP contribution in [0.25, 0.3) is 6.08 Å². The highest BCUT2D eigenvalue weighted by Gasteiger charge is 2.47. The minimum Gasteiger partial charge on any atom is -0.497 e. The number of methoxy groups -OCH3 is 1. The first kappa shape index (κ1) is 26.7. The summed E-state index contributed by atoms with van der Waals surface area (Å²) in [6.45, 7) is 5.25. The van der Waals surface area contributed by atoms with Gasteiger partial charge in [-0.15, -0.1) is 0 Å². The van der Waals surface area contributed by atoms with Gasteiger partial charge in [-0.3, -0.25) is 0 Å². The molecule has 202 valence electrons. The van der Waals surface area contributed by atoms with Gasteiger partial charge in [0.25, 0.3) is 0 Å². The third-order valence-electron chi connectivity index (χ3n) is 6.79. The van der Waals surface area contributed by atoms with Crippen LogP contribution in [-0.2, 0) is 36.9 Å². The molecule has 3 aromatic rings. The Morgan fingerprint density at radius 2 is 1.63 bits per heavy atom. The van der Waals surface area contributed by atoms with E-state index < -0.39 is 5.79 Å². The Morgan fingerprint density at radius 1 is 0.895 bits per heavy atom. The van der Waals surface area contributed by atoms with Crippen LogP contribution in [0, 0.1) is 0 Å². The van der Waals surface area contributed by atoms with E-state index in [4.69, 9.17) is 32.8 Å². The topological polar surface area (TPSA) is 68.5 Å². The molecule has 0 bridgehead atoms. The van der Waals surface area contributed by atoms with Crippen molar-refractivity contribution in [2.45, 2.75) is 69.8 Å². The van der Waals surface area contributed by atoms with Crippen molar-refractivity contribution in [2.24, 2.45) is 0 Å². The van der Waals surface area contributed by atoms with E-state index in [0.717, 1.165) is 22.6 Å². The van der Waals surface area contributed by atoms with E-state index in [2.05, 4.69) is 12.1 Å². The second-order valence-electron chi connectivity index (χ2n) is 10.1. The zero-order valence-electron chi connectivity index (χ0n) is 22.2. The zero-order valence-corrected chi connectivity index (χ0v) is 22.2. The van der Waals surface area contributed by atoms with Crippen LogP contribution in [0.5, 0.6) is 5.75 Å². The summed E-state index contributed by atoms with van der Waals surface area (Å²) in [5.41, 5.74) is 2.13. The van der Waals surface area contributed by atoms with Gasteiger partial charge in [-0.1, -0.05) is 42.5 Å². The van der Waals surface area contributed by atoms with Crippen LogP contribution in [0.1, 0.15) is 37.2 Å². The van der Waals surface area contributed by atoms with Crippen LogP contribution in [0.15, 0.2) is 83.5 Å². The average Bonchev–Trinajstić information content (AvgIpc) is 3.65. The summed E-state index contributed by atoms with van der Waals surface area (Å²) in [4.78, 5) is 0. The van der Waals surface area contributed by atoms with E-state index in [1.54, 1.807) is 13.4 Å². The SMILES string of the molecule is COc1ccc(CO[C@@H]2[C@@H](OCc3ccccc3)[C@@H](C[C@@H]3COC(C)(C)O3)O[C@H]2/C=C/c2ccco2)cc1. The van der Waals surface area contributed by atoms with Gasteiger partial charge in [0.15, 0.2) is 5.79 Å². The second kappa shape index (κ2) is 12.3. The molecule has 0 N–H and O–H groups in total. The van der Waals surface area contributed by atoms with E-state index in [1.807, 2.05) is 80.6 Å². The lowest BCUT2D eigenvalue weighted by Crippen LogP contribution is -2.38. The standard InChI is InChI=1S/C31H36O7/c1-31(2)36-21-26(38-31)18-28-30(35-19-22-8-5-4-6-9-22)29(27(37-28)16-15-25-10-7-17-33-25)34-20-23-11-13-24(32-3)14-12-23/h4-17,26-30H,18-21H2,1-3H3/b16-15+/t26-,27+,28-,29+,30+/m1/s1. The molecule has 2 aliphatic rings. The van der Waals surface area contributed by atoms with Crippen molar-refractivity contribution < 1.29 is 32.8 Å². The molecular formula is C31H36O7. The molecule has 0 spiro atoms. The zero-order chi connectivity index (χ0) is 26.4. The van der Waals surface area contributed by atoms with E-state index >= 15 is 0 Å². The molecule has 1 aromatic heterocycles. The van der Waals surface area contributed by atoms with Crippen molar-refractivity contribution in [2.75, 3.05) is 13.7 Å². The molecule has 2 aliphatic heterocycles. The van der Waals surface area contributed by atoms with Gasteiger partial charge in [-0.25, -0.2) is 0 Å². The van der Waals surface area contributed by atoms with Crippen molar-refractivity contribution in [3.63, 3.8) is 0 Å². The van der Waals surface area contributed by atoms with Crippen LogP contribution >= 0.6 is 0 Å². The monoisotopic (exact) mass is 520 g/mol. The maximum atomic E-state index is 6.59. The fraction of sp³-hybridized carbons (Fsp3) is 0.419. The summed E-state index contributed by atoms with van der Waals surface area (Å²) in [5, 5.41) is 0. The predicted octanol–water partition coefficient (Wildman–Crippen LogP) is 5.78. The number of rotatable bonds is 11. The van der Waals surface area contributed by atoms with E-state index in [0.29, 0.717) is 26.2 Å². The van der Waals surface area contributed by atoms with Crippen LogP contribution in [0.3, 0.4) is 0 Å². The van der Waals surface area contributed by atoms with Gasteiger partial charge in [0, 0.05) is 6.42 Å². The van der Waals surface area contributed by atoms with Crippen LogP contribution in [-0.4, -0.2) is 50.0 Å². The van der Waals surface area contributed by atoms with Gasteiger partial charge in [-0.2, -0.15) is 0 Å². The first-order valence-corrected chi connectivity index (χ1v) is 13.1. The van der Waals surface area contributed by atoms with E-state index in [1.165, 1.54) is 0 Å². The summed E-state index contributed by atoms with van der Waals surface area (Å²) >= 11 is 0. The van der Waals surface area contributed by atoms with Crippen molar-refractivity contribution in [1.29, 1.82) is 0 Å². The first-order valence-electron chi connectivity index (χ1n) is 13.1. The minimum atomic E-state index is -0.605. The Kier molecular flexibility index (Phi) is 8.61. The Labute approximate surface area is 224 Å². The molecule has 0 saturated carbocycles. The number of furan rings is 1. The first-order chi connectivity index (χ1) is 18.5. The largest absolute Gasteiger partial charge is 0.497 e. The molecule has 5 rings (SSSR count). The van der Waals surface area contributed by atoms with Gasteiger partial charge < -0.3 is 32.8 Å². The van der Waals surface area contributed by atoms with Crippen molar-refractivity contribution in [3.8, 4) is 5.75 Å². The smallest absolute Gasteiger partial charge is 0.163 e. The highest BCUT2D eigenvalue weighted by Crippen LogP contribution is 2.35. The van der Waals surface area contributed by atoms with E-state index in [9.17, 15) is 0 Å². The van der Waals surface area contributed by atoms with Crippen molar-refractivity contribution in [1.82, 2.24) is 0 Å². The maximum Gasteiger partial charge on any atom is 0.163 e. The number of hydrogen-bond acceptors (Lipinski definition) is 7. The molecule has 7 heteroatoms. The van der Waals surface area contributed by atoms with Gasteiger partial charge in [0.05, 0.1) is 45.4 Å². The maximum absolute atomic E-state index is 6.59. The molecule has 0 radical (unpaired) electrons. The predicted molar refractivity (Wildman–Crippen MR) is 143 cm³/mol. The number of ether oxygens (including phenoxy) is 6. The molecule has 38 heavy (non-hydrogen) atoms. The molecule has 2 aromatic carbocycles. The highest BCUT2D eigenvalue weighted by atomic mass is 16.7. The third kappa shape index (κ3) is 6.92.